The number of para-hydroxylation sites is 1. The molecule has 0 radical (unpaired) electrons. The second-order valence-corrected chi connectivity index (χ2v) is 11.1. The summed E-state index contributed by atoms with van der Waals surface area (Å²) in [5, 5.41) is 2.90. The Labute approximate surface area is 216 Å². The summed E-state index contributed by atoms with van der Waals surface area (Å²) in [5.41, 5.74) is 2.18. The van der Waals surface area contributed by atoms with Gasteiger partial charge >= 0.3 is 0 Å². The Morgan fingerprint density at radius 2 is 1.50 bits per heavy atom. The lowest BCUT2D eigenvalue weighted by Gasteiger charge is -2.20. The molecular weight excluding hydrogens is 492 g/mol. The molecule has 0 atom stereocenters. The number of sulfonamides is 1. The molecule has 0 unspecified atom stereocenters. The molecule has 36 heavy (non-hydrogen) atoms. The van der Waals surface area contributed by atoms with E-state index in [0.29, 0.717) is 17.1 Å². The van der Waals surface area contributed by atoms with E-state index in [-0.39, 0.29) is 17.4 Å². The molecule has 0 fully saturated rings. The van der Waals surface area contributed by atoms with Crippen molar-refractivity contribution in [2.24, 2.45) is 0 Å². The first kappa shape index (κ1) is 25.3. The minimum absolute atomic E-state index is 0.179. The van der Waals surface area contributed by atoms with E-state index in [4.69, 9.17) is 4.74 Å². The molecule has 1 amide bonds. The second kappa shape index (κ2) is 11.3. The maximum absolute atomic E-state index is 12.9. The zero-order valence-corrected chi connectivity index (χ0v) is 21.6. The van der Waals surface area contributed by atoms with E-state index in [1.165, 1.54) is 11.4 Å². The molecule has 0 saturated heterocycles. The van der Waals surface area contributed by atoms with Crippen molar-refractivity contribution < 1.29 is 17.9 Å². The van der Waals surface area contributed by atoms with Gasteiger partial charge < -0.3 is 10.1 Å². The van der Waals surface area contributed by atoms with Crippen LogP contribution in [0.5, 0.6) is 5.75 Å². The van der Waals surface area contributed by atoms with Gasteiger partial charge in [-0.15, -0.1) is 0 Å². The van der Waals surface area contributed by atoms with Crippen molar-refractivity contribution in [3.05, 3.63) is 109 Å². The van der Waals surface area contributed by atoms with Crippen LogP contribution in [0.1, 0.15) is 5.56 Å². The first-order chi connectivity index (χ1) is 17.3. The highest BCUT2D eigenvalue weighted by Crippen LogP contribution is 2.33. The third-order valence-electron chi connectivity index (χ3n) is 5.38. The van der Waals surface area contributed by atoms with Gasteiger partial charge in [0, 0.05) is 16.8 Å². The number of benzene rings is 4. The number of carbonyl (C=O) groups excluding carboxylic acids is 1. The van der Waals surface area contributed by atoms with Gasteiger partial charge in [-0.25, -0.2) is 8.42 Å². The summed E-state index contributed by atoms with van der Waals surface area (Å²) in [6.07, 6.45) is 0. The lowest BCUT2D eigenvalue weighted by Crippen LogP contribution is -2.26. The Bertz CT molecular complexity index is 1420. The number of carbonyl (C=O) groups is 1. The third kappa shape index (κ3) is 6.27. The van der Waals surface area contributed by atoms with Crippen LogP contribution in [0.4, 0.5) is 11.4 Å². The van der Waals surface area contributed by atoms with Crippen LogP contribution in [0.25, 0.3) is 0 Å². The highest BCUT2D eigenvalue weighted by molar-refractivity contribution is 7.99. The van der Waals surface area contributed by atoms with Gasteiger partial charge in [-0.1, -0.05) is 59.8 Å². The van der Waals surface area contributed by atoms with Crippen LogP contribution in [0.2, 0.25) is 0 Å². The molecule has 4 aromatic carbocycles. The van der Waals surface area contributed by atoms with Crippen molar-refractivity contribution in [1.82, 2.24) is 0 Å². The van der Waals surface area contributed by atoms with Gasteiger partial charge in [0.1, 0.15) is 5.75 Å². The van der Waals surface area contributed by atoms with Gasteiger partial charge in [-0.2, -0.15) is 0 Å². The third-order valence-corrected chi connectivity index (χ3v) is 8.27. The van der Waals surface area contributed by atoms with Crippen LogP contribution in [-0.4, -0.2) is 28.0 Å². The molecule has 0 aliphatic carbocycles. The zero-order chi connectivity index (χ0) is 25.5. The van der Waals surface area contributed by atoms with Crippen molar-refractivity contribution in [3.63, 3.8) is 0 Å². The fraction of sp³-hybridized carbons (Fsp3) is 0.107. The average Bonchev–Trinajstić information content (AvgIpc) is 2.89. The molecule has 1 N–H and O–H groups in total. The Hall–Kier alpha value is -3.75. The molecular formula is C28H26N2O4S2. The number of hydrogen-bond acceptors (Lipinski definition) is 5. The number of amides is 1. The molecule has 8 heteroatoms. The monoisotopic (exact) mass is 518 g/mol. The lowest BCUT2D eigenvalue weighted by molar-refractivity contribution is -0.118. The van der Waals surface area contributed by atoms with E-state index < -0.39 is 10.0 Å². The van der Waals surface area contributed by atoms with Gasteiger partial charge in [0.15, 0.2) is 6.61 Å². The quantitative estimate of drug-likeness (QED) is 0.295. The smallest absolute Gasteiger partial charge is 0.264 e. The van der Waals surface area contributed by atoms with Crippen LogP contribution >= 0.6 is 11.8 Å². The fourth-order valence-corrected chi connectivity index (χ4v) is 5.49. The summed E-state index contributed by atoms with van der Waals surface area (Å²) in [5.74, 6) is 0.168. The molecule has 0 aliphatic rings. The van der Waals surface area contributed by atoms with E-state index in [9.17, 15) is 13.2 Å². The minimum atomic E-state index is -3.68. The average molecular weight is 519 g/mol. The summed E-state index contributed by atoms with van der Waals surface area (Å²) in [6, 6.07) is 30.8. The zero-order valence-electron chi connectivity index (χ0n) is 19.9. The molecule has 0 aliphatic heterocycles. The molecule has 0 bridgehead atoms. The van der Waals surface area contributed by atoms with Gasteiger partial charge in [-0.05, 0) is 67.6 Å². The highest BCUT2D eigenvalue weighted by Gasteiger charge is 2.21. The Balaban J connectivity index is 1.36. The van der Waals surface area contributed by atoms with Crippen LogP contribution < -0.4 is 14.4 Å². The number of ether oxygens (including phenoxy) is 1. The Kier molecular flexibility index (Phi) is 7.97. The molecule has 0 spiro atoms. The number of aryl methyl sites for hydroxylation is 1. The number of rotatable bonds is 9. The molecule has 4 aromatic rings. The van der Waals surface area contributed by atoms with E-state index in [1.807, 2.05) is 61.5 Å². The van der Waals surface area contributed by atoms with Crippen molar-refractivity contribution in [2.75, 3.05) is 23.3 Å². The summed E-state index contributed by atoms with van der Waals surface area (Å²) in [4.78, 5) is 14.8. The largest absolute Gasteiger partial charge is 0.484 e. The van der Waals surface area contributed by atoms with E-state index >= 15 is 0 Å². The molecule has 0 aromatic heterocycles. The maximum atomic E-state index is 12.9. The predicted molar refractivity (Wildman–Crippen MR) is 144 cm³/mol. The topological polar surface area (TPSA) is 75.7 Å². The first-order valence-electron chi connectivity index (χ1n) is 11.2. The maximum Gasteiger partial charge on any atom is 0.264 e. The molecule has 6 nitrogen and oxygen atoms in total. The SMILES string of the molecule is Cc1ccc(S(=O)(=O)N(C)c2ccc(OCC(=O)Nc3ccccc3Sc3ccccc3)cc2)cc1. The van der Waals surface area contributed by atoms with Crippen molar-refractivity contribution >= 4 is 39.1 Å². The summed E-state index contributed by atoms with van der Waals surface area (Å²) in [6.45, 7) is 1.72. The van der Waals surface area contributed by atoms with E-state index in [1.54, 1.807) is 60.3 Å². The lowest BCUT2D eigenvalue weighted by atomic mass is 10.2. The summed E-state index contributed by atoms with van der Waals surface area (Å²) < 4.78 is 32.6. The normalized spacial score (nSPS) is 11.1. The molecule has 0 heterocycles. The predicted octanol–water partition coefficient (Wildman–Crippen LogP) is 5.99. The van der Waals surface area contributed by atoms with Crippen molar-refractivity contribution in [3.8, 4) is 5.75 Å². The number of hydrogen-bond donors (Lipinski definition) is 1. The number of nitrogens with zero attached hydrogens (tertiary/aromatic N) is 1. The summed E-state index contributed by atoms with van der Waals surface area (Å²) >= 11 is 1.57. The fourth-order valence-electron chi connectivity index (χ4n) is 3.37. The van der Waals surface area contributed by atoms with Crippen LogP contribution in [0.3, 0.4) is 0 Å². The van der Waals surface area contributed by atoms with Gasteiger partial charge in [0.25, 0.3) is 15.9 Å². The van der Waals surface area contributed by atoms with Crippen LogP contribution in [0.15, 0.2) is 118 Å². The molecule has 4 rings (SSSR count). The second-order valence-electron chi connectivity index (χ2n) is 8.03. The molecule has 0 saturated carbocycles. The van der Waals surface area contributed by atoms with Gasteiger partial charge in [0.2, 0.25) is 0 Å². The van der Waals surface area contributed by atoms with Gasteiger partial charge in [0.05, 0.1) is 16.3 Å². The first-order valence-corrected chi connectivity index (χ1v) is 13.5. The minimum Gasteiger partial charge on any atom is -0.484 e. The van der Waals surface area contributed by atoms with E-state index in [2.05, 4.69) is 5.32 Å². The molecule has 184 valence electrons. The summed E-state index contributed by atoms with van der Waals surface area (Å²) in [7, 11) is -2.18. The van der Waals surface area contributed by atoms with Gasteiger partial charge in [-0.3, -0.25) is 9.10 Å². The van der Waals surface area contributed by atoms with Crippen LogP contribution in [0, 0.1) is 6.92 Å². The van der Waals surface area contributed by atoms with Crippen LogP contribution in [-0.2, 0) is 14.8 Å². The number of anilines is 2. The Morgan fingerprint density at radius 1 is 0.861 bits per heavy atom. The van der Waals surface area contributed by atoms with Crippen molar-refractivity contribution in [1.29, 1.82) is 0 Å². The van der Waals surface area contributed by atoms with E-state index in [0.717, 1.165) is 15.4 Å². The number of nitrogens with one attached hydrogen (secondary N) is 1. The highest BCUT2D eigenvalue weighted by atomic mass is 32.2. The Morgan fingerprint density at radius 3 is 2.19 bits per heavy atom. The standard InChI is InChI=1S/C28H26N2O4S2/c1-21-12-18-25(19-13-21)36(32,33)30(2)22-14-16-23(17-15-22)34-20-28(31)29-26-10-6-7-11-27(26)35-24-8-4-3-5-9-24/h3-19H,20H2,1-2H3,(H,29,31). The van der Waals surface area contributed by atoms with Crippen molar-refractivity contribution in [2.45, 2.75) is 21.6 Å².